The van der Waals surface area contributed by atoms with Crippen molar-refractivity contribution in [2.75, 3.05) is 20.1 Å². The molecule has 1 N–H and O–H groups in total. The van der Waals surface area contributed by atoms with Gasteiger partial charge in [-0.1, -0.05) is 13.8 Å². The average Bonchev–Trinajstić information content (AvgIpc) is 2.82. The second kappa shape index (κ2) is 7.54. The van der Waals surface area contributed by atoms with E-state index in [0.29, 0.717) is 16.7 Å². The van der Waals surface area contributed by atoms with E-state index in [4.69, 9.17) is 0 Å². The van der Waals surface area contributed by atoms with Crippen molar-refractivity contribution < 1.29 is 8.42 Å². The molecule has 0 unspecified atom stereocenters. The van der Waals surface area contributed by atoms with E-state index in [9.17, 15) is 8.42 Å². The zero-order chi connectivity index (χ0) is 15.3. The van der Waals surface area contributed by atoms with Crippen molar-refractivity contribution in [1.29, 1.82) is 0 Å². The minimum absolute atomic E-state index is 0.0229. The Morgan fingerprint density at radius 3 is 2.40 bits per heavy atom. The fourth-order valence-electron chi connectivity index (χ4n) is 1.94. The summed E-state index contributed by atoms with van der Waals surface area (Å²) < 4.78 is 27.5. The molecule has 0 bridgehead atoms. The first kappa shape index (κ1) is 17.6. The smallest absolute Gasteiger partial charge is 0.252 e. The van der Waals surface area contributed by atoms with Crippen LogP contribution >= 0.6 is 11.3 Å². The van der Waals surface area contributed by atoms with Crippen LogP contribution in [0.2, 0.25) is 0 Å². The molecule has 1 heterocycles. The molecule has 0 aliphatic carbocycles. The maximum absolute atomic E-state index is 12.7. The summed E-state index contributed by atoms with van der Waals surface area (Å²) in [5, 5.41) is 3.08. The fourth-order valence-corrected chi connectivity index (χ4v) is 5.23. The minimum atomic E-state index is -3.37. The van der Waals surface area contributed by atoms with E-state index in [1.165, 1.54) is 11.3 Å². The van der Waals surface area contributed by atoms with Gasteiger partial charge in [0.15, 0.2) is 0 Å². The summed E-state index contributed by atoms with van der Waals surface area (Å²) in [5.74, 6) is 0.316. The Balaban J connectivity index is 2.98. The molecule has 1 aromatic heterocycles. The highest BCUT2D eigenvalue weighted by molar-refractivity contribution is 7.91. The van der Waals surface area contributed by atoms with Crippen LogP contribution in [0.4, 0.5) is 0 Å². The van der Waals surface area contributed by atoms with Gasteiger partial charge in [-0.3, -0.25) is 0 Å². The lowest BCUT2D eigenvalue weighted by molar-refractivity contribution is 0.319. The van der Waals surface area contributed by atoms with Crippen LogP contribution in [-0.4, -0.2) is 38.9 Å². The van der Waals surface area contributed by atoms with Gasteiger partial charge in [-0.15, -0.1) is 11.3 Å². The Kier molecular flexibility index (Phi) is 6.64. The third-order valence-electron chi connectivity index (χ3n) is 2.94. The predicted molar refractivity (Wildman–Crippen MR) is 85.8 cm³/mol. The summed E-state index contributed by atoms with van der Waals surface area (Å²) in [7, 11) is -1.47. The Morgan fingerprint density at radius 2 is 1.90 bits per heavy atom. The van der Waals surface area contributed by atoms with Gasteiger partial charge in [-0.25, -0.2) is 8.42 Å². The molecular weight excluding hydrogens is 292 g/mol. The fraction of sp³-hybridized carbons (Fsp3) is 0.714. The first-order valence-corrected chi connectivity index (χ1v) is 9.29. The first-order valence-electron chi connectivity index (χ1n) is 7.04. The molecule has 0 fully saturated rings. The van der Waals surface area contributed by atoms with Gasteiger partial charge >= 0.3 is 0 Å². The molecule has 0 aliphatic heterocycles. The maximum Gasteiger partial charge on any atom is 0.252 e. The van der Waals surface area contributed by atoms with E-state index in [1.807, 2.05) is 40.8 Å². The first-order chi connectivity index (χ1) is 9.28. The second-order valence-corrected chi connectivity index (χ2v) is 8.92. The van der Waals surface area contributed by atoms with Crippen LogP contribution in [0.25, 0.3) is 0 Å². The lowest BCUT2D eigenvalue weighted by atomic mass is 10.2. The lowest BCUT2D eigenvalue weighted by Gasteiger charge is -2.26. The van der Waals surface area contributed by atoms with E-state index in [1.54, 1.807) is 10.4 Å². The van der Waals surface area contributed by atoms with E-state index in [2.05, 4.69) is 5.32 Å². The number of nitrogens with zero attached hydrogens (tertiary/aromatic N) is 1. The number of thiophene rings is 1. The van der Waals surface area contributed by atoms with Gasteiger partial charge in [0, 0.05) is 17.5 Å². The summed E-state index contributed by atoms with van der Waals surface area (Å²) in [4.78, 5) is 1.10. The van der Waals surface area contributed by atoms with Crippen molar-refractivity contribution in [2.24, 2.45) is 5.92 Å². The Labute approximate surface area is 127 Å². The number of likely N-dealkylation sites (N-methyl/N-ethyl adjacent to an activating group) is 1. The van der Waals surface area contributed by atoms with Gasteiger partial charge in [0.25, 0.3) is 10.0 Å². The molecule has 0 saturated carbocycles. The molecular formula is C14H26N2O2S2. The van der Waals surface area contributed by atoms with E-state index in [0.717, 1.165) is 17.8 Å². The maximum atomic E-state index is 12.7. The number of rotatable bonds is 8. The Bertz CT molecular complexity index is 507. The second-order valence-electron chi connectivity index (χ2n) is 5.64. The number of hydrogen-bond donors (Lipinski definition) is 1. The normalized spacial score (nSPS) is 12.8. The van der Waals surface area contributed by atoms with Gasteiger partial charge < -0.3 is 5.32 Å². The predicted octanol–water partition coefficient (Wildman–Crippen LogP) is 2.57. The summed E-state index contributed by atoms with van der Waals surface area (Å²) >= 11 is 1.38. The number of sulfonamides is 1. The van der Waals surface area contributed by atoms with Crippen LogP contribution in [0.1, 0.15) is 32.6 Å². The van der Waals surface area contributed by atoms with Gasteiger partial charge in [-0.2, -0.15) is 4.31 Å². The Hall–Kier alpha value is -0.430. The number of hydrogen-bond acceptors (Lipinski definition) is 4. The van der Waals surface area contributed by atoms with Crippen LogP contribution < -0.4 is 5.32 Å². The van der Waals surface area contributed by atoms with Crippen LogP contribution in [0.15, 0.2) is 16.3 Å². The van der Waals surface area contributed by atoms with Crippen molar-refractivity contribution >= 4 is 21.4 Å². The lowest BCUT2D eigenvalue weighted by Crippen LogP contribution is -2.39. The van der Waals surface area contributed by atoms with Crippen LogP contribution in [0.5, 0.6) is 0 Å². The zero-order valence-electron chi connectivity index (χ0n) is 13.0. The molecule has 0 saturated heterocycles. The van der Waals surface area contributed by atoms with E-state index >= 15 is 0 Å². The average molecular weight is 319 g/mol. The SMILES string of the molecule is CNCCc1ccc(S(=O)(=O)N(CC(C)C)C(C)C)s1. The van der Waals surface area contributed by atoms with Crippen molar-refractivity contribution in [3.63, 3.8) is 0 Å². The third-order valence-corrected chi connectivity index (χ3v) is 6.60. The highest BCUT2D eigenvalue weighted by Gasteiger charge is 2.28. The monoisotopic (exact) mass is 318 g/mol. The Morgan fingerprint density at radius 1 is 1.25 bits per heavy atom. The summed E-state index contributed by atoms with van der Waals surface area (Å²) in [5.41, 5.74) is 0. The molecule has 0 aromatic carbocycles. The van der Waals surface area contributed by atoms with Gasteiger partial charge in [0.1, 0.15) is 4.21 Å². The minimum Gasteiger partial charge on any atom is -0.319 e. The van der Waals surface area contributed by atoms with Crippen LogP contribution in [-0.2, 0) is 16.4 Å². The highest BCUT2D eigenvalue weighted by Crippen LogP contribution is 2.27. The van der Waals surface area contributed by atoms with Gasteiger partial charge in [0.05, 0.1) is 0 Å². The molecule has 1 rings (SSSR count). The van der Waals surface area contributed by atoms with Gasteiger partial charge in [-0.05, 0) is 51.9 Å². The molecule has 0 radical (unpaired) electrons. The highest BCUT2D eigenvalue weighted by atomic mass is 32.2. The summed E-state index contributed by atoms with van der Waals surface area (Å²) in [6.07, 6.45) is 0.864. The van der Waals surface area contributed by atoms with E-state index in [-0.39, 0.29) is 6.04 Å². The molecule has 1 aromatic rings. The quantitative estimate of drug-likeness (QED) is 0.801. The zero-order valence-corrected chi connectivity index (χ0v) is 14.6. The third kappa shape index (κ3) is 4.55. The van der Waals surface area contributed by atoms with Crippen molar-refractivity contribution in [3.05, 3.63) is 17.0 Å². The number of nitrogens with one attached hydrogen (secondary N) is 1. The molecule has 6 heteroatoms. The topological polar surface area (TPSA) is 49.4 Å². The molecule has 116 valence electrons. The summed E-state index contributed by atoms with van der Waals surface area (Å²) in [6, 6.07) is 3.63. The molecule has 20 heavy (non-hydrogen) atoms. The van der Waals surface area contributed by atoms with Crippen LogP contribution in [0.3, 0.4) is 0 Å². The molecule has 0 atom stereocenters. The van der Waals surface area contributed by atoms with Crippen molar-refractivity contribution in [1.82, 2.24) is 9.62 Å². The largest absolute Gasteiger partial charge is 0.319 e. The molecule has 0 spiro atoms. The molecule has 0 amide bonds. The molecule has 4 nitrogen and oxygen atoms in total. The van der Waals surface area contributed by atoms with E-state index < -0.39 is 10.0 Å². The van der Waals surface area contributed by atoms with Crippen LogP contribution in [0, 0.1) is 5.92 Å². The standard InChI is InChI=1S/C14H26N2O2S2/c1-11(2)10-16(12(3)4)20(17,18)14-7-6-13(19-14)8-9-15-5/h6-7,11-12,15H,8-10H2,1-5H3. The summed E-state index contributed by atoms with van der Waals surface area (Å²) in [6.45, 7) is 9.35. The molecule has 0 aliphatic rings. The van der Waals surface area contributed by atoms with Gasteiger partial charge in [0.2, 0.25) is 0 Å². The van der Waals surface area contributed by atoms with Crippen molar-refractivity contribution in [2.45, 2.75) is 44.4 Å². The van der Waals surface area contributed by atoms with Crippen molar-refractivity contribution in [3.8, 4) is 0 Å².